The van der Waals surface area contributed by atoms with E-state index >= 15 is 0 Å². The first-order valence-electron chi connectivity index (χ1n) is 9.78. The van der Waals surface area contributed by atoms with Crippen LogP contribution in [-0.2, 0) is 34.8 Å². The van der Waals surface area contributed by atoms with Crippen LogP contribution in [0.2, 0.25) is 0 Å². The topological polar surface area (TPSA) is 118 Å². The zero-order valence-electron chi connectivity index (χ0n) is 16.8. The number of nitrogens with zero attached hydrogens (tertiary/aromatic N) is 2. The Kier molecular flexibility index (Phi) is 5.05. The first kappa shape index (κ1) is 20.5. The van der Waals surface area contributed by atoms with Gasteiger partial charge in [-0.2, -0.15) is 0 Å². The molecule has 0 saturated heterocycles. The van der Waals surface area contributed by atoms with E-state index in [4.69, 9.17) is 5.14 Å². The van der Waals surface area contributed by atoms with E-state index in [1.807, 2.05) is 0 Å². The lowest BCUT2D eigenvalue weighted by Gasteiger charge is -2.17. The molecule has 2 atom stereocenters. The van der Waals surface area contributed by atoms with Crippen molar-refractivity contribution < 1.29 is 14.1 Å². The van der Waals surface area contributed by atoms with Gasteiger partial charge >= 0.3 is 6.03 Å². The summed E-state index contributed by atoms with van der Waals surface area (Å²) < 4.78 is 16.9. The summed E-state index contributed by atoms with van der Waals surface area (Å²) in [6.07, 6.45) is 6.40. The summed E-state index contributed by atoms with van der Waals surface area (Å²) in [5.41, 5.74) is 4.59. The Morgan fingerprint density at radius 2 is 2.14 bits per heavy atom. The molecule has 9 heteroatoms. The largest absolute Gasteiger partial charge is 0.383 e. The molecule has 2 unspecified atom stereocenters. The van der Waals surface area contributed by atoms with Crippen LogP contribution >= 0.6 is 11.3 Å². The number of nitrogens with one attached hydrogen (secondary N) is 1. The monoisotopic (exact) mass is 434 g/mol. The second-order valence-electron chi connectivity index (χ2n) is 8.39. The van der Waals surface area contributed by atoms with Crippen molar-refractivity contribution in [2.75, 3.05) is 5.32 Å². The number of amides is 2. The third-order valence-electron chi connectivity index (χ3n) is 5.61. The van der Waals surface area contributed by atoms with Gasteiger partial charge in [-0.3, -0.25) is 0 Å². The highest BCUT2D eigenvalue weighted by Crippen LogP contribution is 2.44. The lowest BCUT2D eigenvalue weighted by molar-refractivity contribution is 0.0783. The number of aromatic nitrogens is 1. The molecule has 0 aliphatic heterocycles. The molecule has 0 bridgehead atoms. The van der Waals surface area contributed by atoms with Gasteiger partial charge in [-0.15, -0.1) is 15.7 Å². The number of carbonyl (C=O) groups excluding carboxylic acids is 1. The smallest absolute Gasteiger partial charge is 0.354 e. The van der Waals surface area contributed by atoms with Crippen LogP contribution in [0.3, 0.4) is 0 Å². The maximum atomic E-state index is 12.9. The third kappa shape index (κ3) is 3.84. The Hall–Kier alpha value is -1.81. The predicted octanol–water partition coefficient (Wildman–Crippen LogP) is 3.84. The molecule has 0 fully saturated rings. The normalized spacial score (nSPS) is 20.1. The summed E-state index contributed by atoms with van der Waals surface area (Å²) in [5.74, 6) is 0.365. The number of urea groups is 1. The molecule has 1 heterocycles. The van der Waals surface area contributed by atoms with Crippen LogP contribution in [0.15, 0.2) is 20.8 Å². The van der Waals surface area contributed by atoms with Gasteiger partial charge in [-0.1, -0.05) is 13.0 Å². The number of anilines is 1. The molecule has 0 saturated carbocycles. The molecule has 156 valence electrons. The fourth-order valence-corrected chi connectivity index (χ4v) is 6.29. The second-order valence-corrected chi connectivity index (χ2v) is 11.4. The van der Waals surface area contributed by atoms with Crippen molar-refractivity contribution >= 4 is 33.0 Å². The van der Waals surface area contributed by atoms with Gasteiger partial charge in [0.15, 0.2) is 9.92 Å². The molecular formula is C20H26N4O3S2. The van der Waals surface area contributed by atoms with Gasteiger partial charge in [0.1, 0.15) is 14.8 Å². The molecule has 4 rings (SSSR count). The van der Waals surface area contributed by atoms with Crippen molar-refractivity contribution in [1.82, 2.24) is 4.98 Å². The zero-order chi connectivity index (χ0) is 21.0. The number of thiazole rings is 1. The molecule has 2 aliphatic rings. The Morgan fingerprint density at radius 3 is 2.83 bits per heavy atom. The number of fused-ring (bicyclic) bond motifs is 2. The number of hydrogen-bond acceptors (Lipinski definition) is 5. The summed E-state index contributed by atoms with van der Waals surface area (Å²) in [6, 6.07) is 1.58. The maximum absolute atomic E-state index is 12.9. The Balaban J connectivity index is 1.67. The maximum Gasteiger partial charge on any atom is 0.354 e. The minimum atomic E-state index is -3.45. The number of nitrogens with two attached hydrogens (primary N) is 1. The average molecular weight is 435 g/mol. The molecule has 29 heavy (non-hydrogen) atoms. The Labute approximate surface area is 175 Å². The average Bonchev–Trinajstić information content (AvgIpc) is 3.33. The van der Waals surface area contributed by atoms with Gasteiger partial charge < -0.3 is 10.4 Å². The highest BCUT2D eigenvalue weighted by Gasteiger charge is 2.29. The first-order chi connectivity index (χ1) is 13.6. The van der Waals surface area contributed by atoms with Crippen LogP contribution in [0.25, 0.3) is 0 Å². The van der Waals surface area contributed by atoms with Crippen LogP contribution in [0.1, 0.15) is 66.8 Å². The molecule has 4 N–H and O–H groups in total. The zero-order valence-corrected chi connectivity index (χ0v) is 18.5. The van der Waals surface area contributed by atoms with Crippen LogP contribution in [0.5, 0.6) is 0 Å². The van der Waals surface area contributed by atoms with Gasteiger partial charge in [0.25, 0.3) is 0 Å². The van der Waals surface area contributed by atoms with Crippen molar-refractivity contribution in [1.29, 1.82) is 0 Å². The van der Waals surface area contributed by atoms with Crippen LogP contribution in [0.4, 0.5) is 10.5 Å². The lowest BCUT2D eigenvalue weighted by atomic mass is 9.95. The van der Waals surface area contributed by atoms with Crippen molar-refractivity contribution in [3.05, 3.63) is 39.5 Å². The van der Waals surface area contributed by atoms with Gasteiger partial charge in [-0.25, -0.2) is 19.1 Å². The number of aryl methyl sites for hydroxylation is 2. The minimum absolute atomic E-state index is 0.168. The van der Waals surface area contributed by atoms with E-state index < -0.39 is 21.5 Å². The summed E-state index contributed by atoms with van der Waals surface area (Å²) >= 11 is 1.00. The van der Waals surface area contributed by atoms with Crippen molar-refractivity contribution in [2.24, 2.45) is 9.50 Å². The van der Waals surface area contributed by atoms with Crippen molar-refractivity contribution in [3.8, 4) is 0 Å². The van der Waals surface area contributed by atoms with Gasteiger partial charge in [0.2, 0.25) is 0 Å². The molecule has 0 spiro atoms. The van der Waals surface area contributed by atoms with Crippen LogP contribution in [-0.4, -0.2) is 20.3 Å². The van der Waals surface area contributed by atoms with Gasteiger partial charge in [0, 0.05) is 5.69 Å². The summed E-state index contributed by atoms with van der Waals surface area (Å²) in [6.45, 7) is 5.33. The predicted molar refractivity (Wildman–Crippen MR) is 115 cm³/mol. The Bertz CT molecular complexity index is 1110. The van der Waals surface area contributed by atoms with Gasteiger partial charge in [-0.05, 0) is 74.1 Å². The highest BCUT2D eigenvalue weighted by atomic mass is 32.2. The molecule has 2 aliphatic carbocycles. The number of benzene rings is 1. The summed E-state index contributed by atoms with van der Waals surface area (Å²) in [4.78, 5) is 16.8. The van der Waals surface area contributed by atoms with Crippen molar-refractivity contribution in [2.45, 2.75) is 68.6 Å². The third-order valence-corrected chi connectivity index (χ3v) is 8.80. The SMILES string of the molecule is CC1CCc2cc3c(c(NC(=O)N=S(N)(=O)c4cnc(C(C)(C)O)s4)c21)CCC3. The summed E-state index contributed by atoms with van der Waals surface area (Å²) in [5, 5.41) is 19.2. The Morgan fingerprint density at radius 1 is 1.38 bits per heavy atom. The minimum Gasteiger partial charge on any atom is -0.383 e. The van der Waals surface area contributed by atoms with E-state index in [0.717, 1.165) is 49.1 Å². The van der Waals surface area contributed by atoms with E-state index in [0.29, 0.717) is 10.9 Å². The van der Waals surface area contributed by atoms with E-state index in [9.17, 15) is 14.1 Å². The molecule has 7 nitrogen and oxygen atoms in total. The van der Waals surface area contributed by atoms with Crippen molar-refractivity contribution in [3.63, 3.8) is 0 Å². The lowest BCUT2D eigenvalue weighted by Crippen LogP contribution is -2.18. The van der Waals surface area contributed by atoms with E-state index in [2.05, 4.69) is 27.7 Å². The van der Waals surface area contributed by atoms with E-state index in [-0.39, 0.29) is 4.21 Å². The first-order valence-corrected chi connectivity index (χ1v) is 12.2. The molecule has 2 aromatic rings. The van der Waals surface area contributed by atoms with Gasteiger partial charge in [0.05, 0.1) is 6.20 Å². The fourth-order valence-electron chi connectivity index (χ4n) is 4.23. The quantitative estimate of drug-likeness (QED) is 0.680. The molecular weight excluding hydrogens is 408 g/mol. The van der Waals surface area contributed by atoms with E-state index in [1.165, 1.54) is 28.5 Å². The summed E-state index contributed by atoms with van der Waals surface area (Å²) in [7, 11) is -3.45. The highest BCUT2D eigenvalue weighted by molar-refractivity contribution is 7.93. The fraction of sp³-hybridized carbons (Fsp3) is 0.500. The molecule has 2 amide bonds. The van der Waals surface area contributed by atoms with Crippen LogP contribution in [0, 0.1) is 0 Å². The molecule has 1 aromatic heterocycles. The van der Waals surface area contributed by atoms with E-state index in [1.54, 1.807) is 13.8 Å². The molecule has 0 radical (unpaired) electrons. The van der Waals surface area contributed by atoms with Crippen LogP contribution < -0.4 is 10.5 Å². The number of aliphatic hydroxyl groups is 1. The number of hydrogen-bond donors (Lipinski definition) is 3. The molecule has 1 aromatic carbocycles. The standard InChI is InChI=1S/C20H26N4O3S2/c1-11-7-8-13-9-12-5-4-6-14(12)17(16(11)13)23-19(25)24-29(21,27)15-10-22-18(28-15)20(2,3)26/h9-11,26H,4-8H2,1-3H3,(H3,21,23,24,25,27). The number of carbonyl (C=O) groups is 1. The number of rotatable bonds is 3. The second kappa shape index (κ2) is 7.16.